The summed E-state index contributed by atoms with van der Waals surface area (Å²) in [6, 6.07) is 9.54. The quantitative estimate of drug-likeness (QED) is 0.768. The molecule has 0 bridgehead atoms. The third kappa shape index (κ3) is 1.96. The van der Waals surface area contributed by atoms with Crippen LogP contribution in [0, 0.1) is 0 Å². The minimum Gasteiger partial charge on any atom is -0.207 e. The van der Waals surface area contributed by atoms with Crippen LogP contribution >= 0.6 is 0 Å². The van der Waals surface area contributed by atoms with Crippen molar-refractivity contribution in [2.45, 2.75) is 13.0 Å². The van der Waals surface area contributed by atoms with Crippen molar-refractivity contribution in [3.8, 4) is 0 Å². The van der Waals surface area contributed by atoms with Gasteiger partial charge in [0, 0.05) is 18.0 Å². The predicted octanol–water partition coefficient (Wildman–Crippen LogP) is 1.91. The fraction of sp³-hybridized carbons (Fsp3) is 0.273. The zero-order valence-corrected chi connectivity index (χ0v) is 9.31. The average molecular weight is 223 g/mol. The van der Waals surface area contributed by atoms with Crippen molar-refractivity contribution in [2.24, 2.45) is 0 Å². The van der Waals surface area contributed by atoms with E-state index in [1.54, 1.807) is 6.08 Å². The van der Waals surface area contributed by atoms with Crippen LogP contribution in [0.4, 0.5) is 0 Å². The van der Waals surface area contributed by atoms with Crippen molar-refractivity contribution in [3.63, 3.8) is 0 Å². The fourth-order valence-electron chi connectivity index (χ4n) is 1.73. The van der Waals surface area contributed by atoms with Gasteiger partial charge in [0.05, 0.1) is 0 Å². The van der Waals surface area contributed by atoms with Crippen LogP contribution in [0.25, 0.3) is 0 Å². The van der Waals surface area contributed by atoms with E-state index in [2.05, 4.69) is 0 Å². The number of sulfonamides is 1. The molecule has 4 heteroatoms. The van der Waals surface area contributed by atoms with Crippen LogP contribution in [0.15, 0.2) is 41.8 Å². The second kappa shape index (κ2) is 3.79. The molecule has 0 fully saturated rings. The third-order valence-corrected chi connectivity index (χ3v) is 4.25. The predicted molar refractivity (Wildman–Crippen MR) is 59.6 cm³/mol. The van der Waals surface area contributed by atoms with Crippen LogP contribution in [0.3, 0.4) is 0 Å². The Labute approximate surface area is 90.1 Å². The summed E-state index contributed by atoms with van der Waals surface area (Å²) in [5, 5.41) is 1.27. The molecule has 0 aromatic heterocycles. The molecule has 1 aliphatic rings. The summed E-state index contributed by atoms with van der Waals surface area (Å²) in [7, 11) is -3.18. The number of benzene rings is 1. The highest BCUT2D eigenvalue weighted by atomic mass is 32.2. The first-order valence-corrected chi connectivity index (χ1v) is 6.35. The highest BCUT2D eigenvalue weighted by Crippen LogP contribution is 2.26. The Bertz CT molecular complexity index is 465. The molecule has 1 heterocycles. The standard InChI is InChI=1S/C11H13NO2S/c1-10(11-6-3-2-4-7-11)12-8-5-9-15(12,13)14/h2-7,9-10H,8H2,1H3/t10-/m0/s1. The number of hydrogen-bond acceptors (Lipinski definition) is 2. The Morgan fingerprint density at radius 3 is 2.47 bits per heavy atom. The molecule has 0 saturated heterocycles. The molecule has 1 aromatic rings. The molecule has 0 spiro atoms. The zero-order valence-electron chi connectivity index (χ0n) is 8.50. The second-order valence-corrected chi connectivity index (χ2v) is 5.34. The first-order valence-electron chi connectivity index (χ1n) is 4.84. The Balaban J connectivity index is 2.27. The lowest BCUT2D eigenvalue weighted by Crippen LogP contribution is -2.28. The van der Waals surface area contributed by atoms with Crippen molar-refractivity contribution < 1.29 is 8.42 Å². The van der Waals surface area contributed by atoms with E-state index in [1.807, 2.05) is 37.3 Å². The van der Waals surface area contributed by atoms with Gasteiger partial charge in [0.1, 0.15) is 0 Å². The topological polar surface area (TPSA) is 37.4 Å². The number of nitrogens with zero attached hydrogens (tertiary/aromatic N) is 1. The van der Waals surface area contributed by atoms with Crippen LogP contribution in [0.5, 0.6) is 0 Å². The minimum absolute atomic E-state index is 0.105. The molecule has 1 aliphatic heterocycles. The molecule has 0 unspecified atom stereocenters. The van der Waals surface area contributed by atoms with E-state index >= 15 is 0 Å². The van der Waals surface area contributed by atoms with Gasteiger partial charge in [-0.15, -0.1) is 0 Å². The fourth-order valence-corrected chi connectivity index (χ4v) is 3.07. The van der Waals surface area contributed by atoms with Gasteiger partial charge in [-0.1, -0.05) is 36.4 Å². The van der Waals surface area contributed by atoms with Gasteiger partial charge in [0.15, 0.2) is 0 Å². The van der Waals surface area contributed by atoms with Gasteiger partial charge in [-0.2, -0.15) is 4.31 Å². The van der Waals surface area contributed by atoms with Gasteiger partial charge in [-0.3, -0.25) is 0 Å². The normalized spacial score (nSPS) is 21.7. The van der Waals surface area contributed by atoms with Gasteiger partial charge >= 0.3 is 0 Å². The summed E-state index contributed by atoms with van der Waals surface area (Å²) in [5.41, 5.74) is 1.02. The SMILES string of the molecule is C[C@@H](c1ccccc1)N1CC=CS1(=O)=O. The molecule has 0 aliphatic carbocycles. The first-order chi connectivity index (χ1) is 7.11. The third-order valence-electron chi connectivity index (χ3n) is 2.59. The van der Waals surface area contributed by atoms with E-state index in [0.717, 1.165) is 5.56 Å². The molecule has 15 heavy (non-hydrogen) atoms. The van der Waals surface area contributed by atoms with Gasteiger partial charge < -0.3 is 0 Å². The zero-order chi connectivity index (χ0) is 10.9. The highest BCUT2D eigenvalue weighted by molar-refractivity contribution is 7.92. The van der Waals surface area contributed by atoms with E-state index in [-0.39, 0.29) is 6.04 Å². The lowest BCUT2D eigenvalue weighted by molar-refractivity contribution is 0.383. The summed E-state index contributed by atoms with van der Waals surface area (Å²) < 4.78 is 24.7. The molecule has 2 rings (SSSR count). The maximum absolute atomic E-state index is 11.6. The van der Waals surface area contributed by atoms with Gasteiger partial charge in [-0.25, -0.2) is 8.42 Å². The van der Waals surface area contributed by atoms with Crippen LogP contribution in [-0.4, -0.2) is 19.3 Å². The van der Waals surface area contributed by atoms with Gasteiger partial charge in [0.25, 0.3) is 0 Å². The Hall–Kier alpha value is -1.13. The first kappa shape index (κ1) is 10.4. The summed E-state index contributed by atoms with van der Waals surface area (Å²) in [5.74, 6) is 0. The number of hydrogen-bond donors (Lipinski definition) is 0. The molecular weight excluding hydrogens is 210 g/mol. The van der Waals surface area contributed by atoms with Crippen LogP contribution in [0.1, 0.15) is 18.5 Å². The minimum atomic E-state index is -3.18. The Morgan fingerprint density at radius 1 is 1.27 bits per heavy atom. The van der Waals surface area contributed by atoms with Gasteiger partial charge in [0.2, 0.25) is 10.0 Å². The molecule has 0 saturated carbocycles. The summed E-state index contributed by atoms with van der Waals surface area (Å²) in [6.45, 7) is 2.37. The van der Waals surface area contributed by atoms with Crippen molar-refractivity contribution in [1.82, 2.24) is 4.31 Å². The van der Waals surface area contributed by atoms with Crippen molar-refractivity contribution in [2.75, 3.05) is 6.54 Å². The monoisotopic (exact) mass is 223 g/mol. The molecule has 1 aromatic carbocycles. The summed E-state index contributed by atoms with van der Waals surface area (Å²) in [4.78, 5) is 0. The molecule has 3 nitrogen and oxygen atoms in total. The van der Waals surface area contributed by atoms with E-state index in [0.29, 0.717) is 6.54 Å². The Morgan fingerprint density at radius 2 is 1.93 bits per heavy atom. The highest BCUT2D eigenvalue weighted by Gasteiger charge is 2.28. The lowest BCUT2D eigenvalue weighted by Gasteiger charge is -2.22. The van der Waals surface area contributed by atoms with E-state index in [9.17, 15) is 8.42 Å². The summed E-state index contributed by atoms with van der Waals surface area (Å²) in [6.07, 6.45) is 1.68. The molecule has 0 N–H and O–H groups in total. The molecule has 80 valence electrons. The van der Waals surface area contributed by atoms with Crippen molar-refractivity contribution in [3.05, 3.63) is 47.4 Å². The molecule has 0 amide bonds. The van der Waals surface area contributed by atoms with Crippen LogP contribution in [-0.2, 0) is 10.0 Å². The van der Waals surface area contributed by atoms with E-state index < -0.39 is 10.0 Å². The van der Waals surface area contributed by atoms with E-state index in [4.69, 9.17) is 0 Å². The maximum atomic E-state index is 11.6. The largest absolute Gasteiger partial charge is 0.236 e. The average Bonchev–Trinajstić information content (AvgIpc) is 2.58. The van der Waals surface area contributed by atoms with E-state index in [1.165, 1.54) is 9.71 Å². The van der Waals surface area contributed by atoms with Gasteiger partial charge in [-0.05, 0) is 12.5 Å². The lowest BCUT2D eigenvalue weighted by atomic mass is 10.1. The van der Waals surface area contributed by atoms with Crippen molar-refractivity contribution >= 4 is 10.0 Å². The Kier molecular flexibility index (Phi) is 2.63. The molecule has 1 atom stereocenters. The van der Waals surface area contributed by atoms with Crippen LogP contribution in [0.2, 0.25) is 0 Å². The van der Waals surface area contributed by atoms with Crippen molar-refractivity contribution in [1.29, 1.82) is 0 Å². The molecular formula is C11H13NO2S. The second-order valence-electron chi connectivity index (χ2n) is 3.57. The smallest absolute Gasteiger partial charge is 0.207 e. The maximum Gasteiger partial charge on any atom is 0.236 e. The molecule has 0 radical (unpaired) electrons. The number of rotatable bonds is 2. The van der Waals surface area contributed by atoms with Crippen LogP contribution < -0.4 is 0 Å². The summed E-state index contributed by atoms with van der Waals surface area (Å²) >= 11 is 0.